The van der Waals surface area contributed by atoms with Crippen molar-refractivity contribution in [3.8, 4) is 5.88 Å². The molecule has 0 saturated carbocycles. The lowest BCUT2D eigenvalue weighted by atomic mass is 10.2. The first-order valence-electron chi connectivity index (χ1n) is 7.33. The van der Waals surface area contributed by atoms with E-state index in [1.807, 2.05) is 13.0 Å². The quantitative estimate of drug-likeness (QED) is 0.844. The number of hydrogen-bond acceptors (Lipinski definition) is 7. The first-order valence-corrected chi connectivity index (χ1v) is 7.33. The monoisotopic (exact) mass is 300 g/mol. The Morgan fingerprint density at radius 2 is 1.59 bits per heavy atom. The molecule has 0 atom stereocenters. The minimum atomic E-state index is 0.592. The van der Waals surface area contributed by atoms with Crippen LogP contribution in [0.15, 0.2) is 18.7 Å². The Hall–Kier alpha value is -2.44. The van der Waals surface area contributed by atoms with Crippen molar-refractivity contribution in [3.05, 3.63) is 30.0 Å². The molecule has 0 aliphatic carbocycles. The first-order chi connectivity index (χ1) is 10.7. The van der Waals surface area contributed by atoms with E-state index < -0.39 is 0 Å². The summed E-state index contributed by atoms with van der Waals surface area (Å²) < 4.78 is 5.16. The smallest absolute Gasteiger partial charge is 0.218 e. The van der Waals surface area contributed by atoms with Gasteiger partial charge in [-0.3, -0.25) is 0 Å². The Labute approximate surface area is 130 Å². The molecule has 2 aromatic heterocycles. The Balaban J connectivity index is 1.71. The maximum absolute atomic E-state index is 5.16. The summed E-state index contributed by atoms with van der Waals surface area (Å²) in [6.45, 7) is 7.69. The van der Waals surface area contributed by atoms with Crippen LogP contribution in [0.2, 0.25) is 0 Å². The van der Waals surface area contributed by atoms with E-state index in [0.717, 1.165) is 49.1 Å². The average Bonchev–Trinajstić information content (AvgIpc) is 2.58. The molecular weight excluding hydrogens is 280 g/mol. The average molecular weight is 300 g/mol. The second-order valence-corrected chi connectivity index (χ2v) is 5.30. The SMILES string of the molecule is COc1cc(N2CCN(c3ncnc(C)c3C)CC2)ncn1. The van der Waals surface area contributed by atoms with Crippen LogP contribution >= 0.6 is 0 Å². The molecule has 0 bridgehead atoms. The number of hydrogen-bond donors (Lipinski definition) is 0. The molecule has 3 heterocycles. The topological polar surface area (TPSA) is 67.3 Å². The predicted molar refractivity (Wildman–Crippen MR) is 84.5 cm³/mol. The number of anilines is 2. The minimum absolute atomic E-state index is 0.592. The van der Waals surface area contributed by atoms with E-state index in [4.69, 9.17) is 4.74 Å². The number of piperazine rings is 1. The van der Waals surface area contributed by atoms with Crippen molar-refractivity contribution in [2.24, 2.45) is 0 Å². The number of methoxy groups -OCH3 is 1. The molecule has 3 rings (SSSR count). The van der Waals surface area contributed by atoms with Crippen LogP contribution in [0.4, 0.5) is 11.6 Å². The van der Waals surface area contributed by atoms with Gasteiger partial charge in [-0.25, -0.2) is 19.9 Å². The summed E-state index contributed by atoms with van der Waals surface area (Å²) in [4.78, 5) is 21.6. The van der Waals surface area contributed by atoms with E-state index in [-0.39, 0.29) is 0 Å². The maximum atomic E-state index is 5.16. The molecule has 1 aliphatic rings. The molecule has 0 radical (unpaired) electrons. The number of aryl methyl sites for hydroxylation is 1. The van der Waals surface area contributed by atoms with Crippen LogP contribution in [-0.4, -0.2) is 53.2 Å². The van der Waals surface area contributed by atoms with Crippen LogP contribution < -0.4 is 14.5 Å². The second kappa shape index (κ2) is 6.13. The molecule has 1 saturated heterocycles. The van der Waals surface area contributed by atoms with E-state index in [9.17, 15) is 0 Å². The maximum Gasteiger partial charge on any atom is 0.218 e. The fourth-order valence-corrected chi connectivity index (χ4v) is 2.61. The summed E-state index contributed by atoms with van der Waals surface area (Å²) in [5.41, 5.74) is 2.19. The van der Waals surface area contributed by atoms with E-state index in [2.05, 4.69) is 36.7 Å². The minimum Gasteiger partial charge on any atom is -0.481 e. The number of rotatable bonds is 3. The fourth-order valence-electron chi connectivity index (χ4n) is 2.61. The lowest BCUT2D eigenvalue weighted by Crippen LogP contribution is -2.47. The Bertz CT molecular complexity index is 654. The van der Waals surface area contributed by atoms with Gasteiger partial charge in [0.1, 0.15) is 24.3 Å². The lowest BCUT2D eigenvalue weighted by molar-refractivity contribution is 0.396. The number of aromatic nitrogens is 4. The van der Waals surface area contributed by atoms with Gasteiger partial charge in [0.25, 0.3) is 0 Å². The molecule has 7 nitrogen and oxygen atoms in total. The van der Waals surface area contributed by atoms with Crippen LogP contribution in [0.5, 0.6) is 5.88 Å². The zero-order valence-corrected chi connectivity index (χ0v) is 13.2. The molecular formula is C15H20N6O. The van der Waals surface area contributed by atoms with Crippen molar-refractivity contribution in [1.29, 1.82) is 0 Å². The summed E-state index contributed by atoms with van der Waals surface area (Å²) >= 11 is 0. The van der Waals surface area contributed by atoms with Gasteiger partial charge in [-0.2, -0.15) is 0 Å². The molecule has 0 N–H and O–H groups in total. The largest absolute Gasteiger partial charge is 0.481 e. The van der Waals surface area contributed by atoms with Gasteiger partial charge < -0.3 is 14.5 Å². The van der Waals surface area contributed by atoms with Gasteiger partial charge >= 0.3 is 0 Å². The van der Waals surface area contributed by atoms with Gasteiger partial charge in [0.05, 0.1) is 7.11 Å². The highest BCUT2D eigenvalue weighted by atomic mass is 16.5. The molecule has 7 heteroatoms. The van der Waals surface area contributed by atoms with Gasteiger partial charge in [-0.05, 0) is 13.8 Å². The van der Waals surface area contributed by atoms with Crippen molar-refractivity contribution in [3.63, 3.8) is 0 Å². The molecule has 116 valence electrons. The molecule has 1 aliphatic heterocycles. The summed E-state index contributed by atoms with van der Waals surface area (Å²) in [5, 5.41) is 0. The molecule has 1 fully saturated rings. The Morgan fingerprint density at radius 3 is 2.32 bits per heavy atom. The summed E-state index contributed by atoms with van der Waals surface area (Å²) in [6, 6.07) is 1.87. The van der Waals surface area contributed by atoms with Crippen molar-refractivity contribution >= 4 is 11.6 Å². The number of ether oxygens (including phenoxy) is 1. The zero-order valence-electron chi connectivity index (χ0n) is 13.2. The van der Waals surface area contributed by atoms with Crippen LogP contribution in [0.25, 0.3) is 0 Å². The summed E-state index contributed by atoms with van der Waals surface area (Å²) in [7, 11) is 1.62. The fraction of sp³-hybridized carbons (Fsp3) is 0.467. The molecule has 0 unspecified atom stereocenters. The highest BCUT2D eigenvalue weighted by Crippen LogP contribution is 2.22. The van der Waals surface area contributed by atoms with Crippen molar-refractivity contribution in [2.75, 3.05) is 43.1 Å². The second-order valence-electron chi connectivity index (χ2n) is 5.30. The van der Waals surface area contributed by atoms with Gasteiger partial charge in [-0.15, -0.1) is 0 Å². The van der Waals surface area contributed by atoms with E-state index >= 15 is 0 Å². The van der Waals surface area contributed by atoms with E-state index in [0.29, 0.717) is 5.88 Å². The normalized spacial score (nSPS) is 15.0. The van der Waals surface area contributed by atoms with E-state index in [1.165, 1.54) is 0 Å². The van der Waals surface area contributed by atoms with Crippen molar-refractivity contribution in [1.82, 2.24) is 19.9 Å². The van der Waals surface area contributed by atoms with Gasteiger partial charge in [-0.1, -0.05) is 0 Å². The van der Waals surface area contributed by atoms with Crippen LogP contribution in [0, 0.1) is 13.8 Å². The molecule has 2 aromatic rings. The first kappa shape index (κ1) is 14.5. The van der Waals surface area contributed by atoms with Crippen LogP contribution in [0.1, 0.15) is 11.3 Å². The Morgan fingerprint density at radius 1 is 0.909 bits per heavy atom. The van der Waals surface area contributed by atoms with Crippen LogP contribution in [-0.2, 0) is 0 Å². The highest BCUT2D eigenvalue weighted by molar-refractivity contribution is 5.50. The number of nitrogens with zero attached hydrogens (tertiary/aromatic N) is 6. The summed E-state index contributed by atoms with van der Waals surface area (Å²) in [5.74, 6) is 2.53. The van der Waals surface area contributed by atoms with Gasteiger partial charge in [0.2, 0.25) is 5.88 Å². The molecule has 0 amide bonds. The standard InChI is InChI=1S/C15H20N6O/c1-11-12(2)16-9-19-15(11)21-6-4-20(5-7-21)13-8-14(22-3)18-10-17-13/h8-10H,4-7H2,1-3H3. The van der Waals surface area contributed by atoms with Gasteiger partial charge in [0, 0.05) is 43.5 Å². The Kier molecular flexibility index (Phi) is 4.04. The molecule has 0 aromatic carbocycles. The van der Waals surface area contributed by atoms with Gasteiger partial charge in [0.15, 0.2) is 0 Å². The molecule has 22 heavy (non-hydrogen) atoms. The van der Waals surface area contributed by atoms with E-state index in [1.54, 1.807) is 19.8 Å². The summed E-state index contributed by atoms with van der Waals surface area (Å²) in [6.07, 6.45) is 3.18. The van der Waals surface area contributed by atoms with Crippen molar-refractivity contribution < 1.29 is 4.74 Å². The van der Waals surface area contributed by atoms with Crippen molar-refractivity contribution in [2.45, 2.75) is 13.8 Å². The highest BCUT2D eigenvalue weighted by Gasteiger charge is 2.21. The lowest BCUT2D eigenvalue weighted by Gasteiger charge is -2.36. The molecule has 0 spiro atoms. The zero-order chi connectivity index (χ0) is 15.5. The third-order valence-corrected chi connectivity index (χ3v) is 4.05. The third kappa shape index (κ3) is 2.79. The van der Waals surface area contributed by atoms with Crippen LogP contribution in [0.3, 0.4) is 0 Å². The predicted octanol–water partition coefficient (Wildman–Crippen LogP) is 1.22. The third-order valence-electron chi connectivity index (χ3n) is 4.05.